The molecule has 18 heavy (non-hydrogen) atoms. The molecule has 2 N–H and O–H groups in total. The topological polar surface area (TPSA) is 46.3 Å². The molecule has 1 aromatic rings. The summed E-state index contributed by atoms with van der Waals surface area (Å²) in [5, 5.41) is 0. The molecule has 0 saturated heterocycles. The Morgan fingerprint density at radius 3 is 2.67 bits per heavy atom. The molecular weight excluding hydrogens is 231 g/mol. The molecule has 0 radical (unpaired) electrons. The van der Waals surface area contributed by atoms with Crippen molar-refractivity contribution in [3.8, 4) is 0 Å². The Hall–Kier alpha value is -1.42. The Morgan fingerprint density at radius 2 is 2.11 bits per heavy atom. The normalized spacial score (nSPS) is 18.2. The van der Waals surface area contributed by atoms with Crippen LogP contribution < -0.4 is 5.73 Å². The van der Waals surface area contributed by atoms with Gasteiger partial charge in [-0.05, 0) is 31.7 Å². The second-order valence-corrected chi connectivity index (χ2v) is 5.31. The van der Waals surface area contributed by atoms with Crippen molar-refractivity contribution in [3.63, 3.8) is 0 Å². The van der Waals surface area contributed by atoms with E-state index in [-0.39, 0.29) is 24.2 Å². The van der Waals surface area contributed by atoms with Gasteiger partial charge in [-0.25, -0.2) is 4.39 Å². The standard InChI is InChI=1S/C14H19FN2O/c1-14(16,11-7-8-11)13(18)17(2)9-10-5-3-4-6-12(10)15/h3-6,11H,7-9,16H2,1-2H3. The van der Waals surface area contributed by atoms with Gasteiger partial charge >= 0.3 is 0 Å². The molecule has 1 aliphatic rings. The van der Waals surface area contributed by atoms with Gasteiger partial charge in [0.2, 0.25) is 5.91 Å². The molecule has 0 spiro atoms. The van der Waals surface area contributed by atoms with Gasteiger partial charge in [-0.1, -0.05) is 18.2 Å². The summed E-state index contributed by atoms with van der Waals surface area (Å²) in [6.45, 7) is 2.02. The summed E-state index contributed by atoms with van der Waals surface area (Å²) in [6, 6.07) is 6.48. The van der Waals surface area contributed by atoms with Crippen LogP contribution in [-0.4, -0.2) is 23.4 Å². The van der Waals surface area contributed by atoms with E-state index in [9.17, 15) is 9.18 Å². The molecule has 4 heteroatoms. The van der Waals surface area contributed by atoms with Crippen LogP contribution in [0.5, 0.6) is 0 Å². The Bertz CT molecular complexity index is 455. The lowest BCUT2D eigenvalue weighted by Gasteiger charge is -2.29. The van der Waals surface area contributed by atoms with E-state index >= 15 is 0 Å². The zero-order valence-electron chi connectivity index (χ0n) is 10.8. The molecule has 1 aromatic carbocycles. The van der Waals surface area contributed by atoms with Gasteiger partial charge in [0.05, 0.1) is 5.54 Å². The summed E-state index contributed by atoms with van der Waals surface area (Å²) < 4.78 is 13.5. The van der Waals surface area contributed by atoms with Crippen LogP contribution in [-0.2, 0) is 11.3 Å². The van der Waals surface area contributed by atoms with Gasteiger partial charge < -0.3 is 10.6 Å². The van der Waals surface area contributed by atoms with Crippen LogP contribution in [0.2, 0.25) is 0 Å². The highest BCUT2D eigenvalue weighted by molar-refractivity contribution is 5.86. The van der Waals surface area contributed by atoms with Gasteiger partial charge in [0, 0.05) is 19.2 Å². The lowest BCUT2D eigenvalue weighted by molar-refractivity contribution is -0.136. The molecule has 1 aliphatic carbocycles. The lowest BCUT2D eigenvalue weighted by atomic mass is 9.95. The third-order valence-corrected chi connectivity index (χ3v) is 3.60. The molecular formula is C14H19FN2O. The molecule has 1 amide bonds. The Morgan fingerprint density at radius 1 is 1.50 bits per heavy atom. The Kier molecular flexibility index (Phi) is 3.39. The van der Waals surface area contributed by atoms with Crippen LogP contribution in [0.25, 0.3) is 0 Å². The van der Waals surface area contributed by atoms with E-state index in [1.54, 1.807) is 32.2 Å². The Balaban J connectivity index is 2.06. The number of carbonyl (C=O) groups is 1. The highest BCUT2D eigenvalue weighted by atomic mass is 19.1. The van der Waals surface area contributed by atoms with E-state index < -0.39 is 5.54 Å². The minimum absolute atomic E-state index is 0.117. The first-order chi connectivity index (χ1) is 8.43. The van der Waals surface area contributed by atoms with Crippen molar-refractivity contribution < 1.29 is 9.18 Å². The number of nitrogens with two attached hydrogens (primary N) is 1. The number of nitrogens with zero attached hydrogens (tertiary/aromatic N) is 1. The molecule has 0 aromatic heterocycles. The summed E-state index contributed by atoms with van der Waals surface area (Å²) in [6.07, 6.45) is 2.01. The van der Waals surface area contributed by atoms with Crippen LogP contribution in [0, 0.1) is 11.7 Å². The lowest BCUT2D eigenvalue weighted by Crippen LogP contribution is -2.53. The third kappa shape index (κ3) is 2.53. The highest BCUT2D eigenvalue weighted by Gasteiger charge is 2.45. The van der Waals surface area contributed by atoms with Crippen molar-refractivity contribution in [1.82, 2.24) is 4.90 Å². The van der Waals surface area contributed by atoms with E-state index in [2.05, 4.69) is 0 Å². The number of hydrogen-bond acceptors (Lipinski definition) is 2. The van der Waals surface area contributed by atoms with Crippen molar-refractivity contribution in [1.29, 1.82) is 0 Å². The zero-order chi connectivity index (χ0) is 13.3. The molecule has 2 rings (SSSR count). The summed E-state index contributed by atoms with van der Waals surface area (Å²) in [5.74, 6) is -0.136. The van der Waals surface area contributed by atoms with Crippen molar-refractivity contribution in [3.05, 3.63) is 35.6 Å². The fraction of sp³-hybridized carbons (Fsp3) is 0.500. The average molecular weight is 250 g/mol. The molecule has 1 saturated carbocycles. The number of hydrogen-bond donors (Lipinski definition) is 1. The Labute approximate surface area is 107 Å². The van der Waals surface area contributed by atoms with Gasteiger partial charge in [0.1, 0.15) is 5.82 Å². The SMILES string of the molecule is CN(Cc1ccccc1F)C(=O)C(C)(N)C1CC1. The largest absolute Gasteiger partial charge is 0.340 e. The molecule has 1 unspecified atom stereocenters. The van der Waals surface area contributed by atoms with Crippen molar-refractivity contribution in [2.24, 2.45) is 11.7 Å². The third-order valence-electron chi connectivity index (χ3n) is 3.60. The fourth-order valence-corrected chi connectivity index (χ4v) is 2.22. The summed E-state index contributed by atoms with van der Waals surface area (Å²) in [4.78, 5) is 13.8. The number of halogens is 1. The monoisotopic (exact) mass is 250 g/mol. The van der Waals surface area contributed by atoms with E-state index in [1.807, 2.05) is 0 Å². The number of benzene rings is 1. The first kappa shape index (κ1) is 13.0. The zero-order valence-corrected chi connectivity index (χ0v) is 10.8. The number of rotatable bonds is 4. The molecule has 1 fully saturated rings. The van der Waals surface area contributed by atoms with Crippen LogP contribution in [0.15, 0.2) is 24.3 Å². The van der Waals surface area contributed by atoms with Gasteiger partial charge in [0.15, 0.2) is 0 Å². The van der Waals surface area contributed by atoms with Crippen LogP contribution in [0.1, 0.15) is 25.3 Å². The van der Waals surface area contributed by atoms with Gasteiger partial charge in [-0.2, -0.15) is 0 Å². The molecule has 98 valence electrons. The van der Waals surface area contributed by atoms with Gasteiger partial charge in [-0.3, -0.25) is 4.79 Å². The first-order valence-electron chi connectivity index (χ1n) is 6.20. The second-order valence-electron chi connectivity index (χ2n) is 5.31. The van der Waals surface area contributed by atoms with E-state index in [1.165, 1.54) is 11.0 Å². The summed E-state index contributed by atoms with van der Waals surface area (Å²) in [7, 11) is 1.67. The molecule has 3 nitrogen and oxygen atoms in total. The number of amides is 1. The first-order valence-corrected chi connectivity index (χ1v) is 6.20. The maximum atomic E-state index is 13.5. The predicted octanol–water partition coefficient (Wildman–Crippen LogP) is 1.91. The molecule has 0 bridgehead atoms. The molecule has 1 atom stereocenters. The maximum Gasteiger partial charge on any atom is 0.242 e. The van der Waals surface area contributed by atoms with E-state index in [0.29, 0.717) is 5.56 Å². The highest BCUT2D eigenvalue weighted by Crippen LogP contribution is 2.38. The van der Waals surface area contributed by atoms with Gasteiger partial charge in [-0.15, -0.1) is 0 Å². The fourth-order valence-electron chi connectivity index (χ4n) is 2.22. The van der Waals surface area contributed by atoms with Crippen molar-refractivity contribution in [2.45, 2.75) is 31.8 Å². The van der Waals surface area contributed by atoms with Crippen LogP contribution >= 0.6 is 0 Å². The summed E-state index contributed by atoms with van der Waals surface area (Å²) >= 11 is 0. The van der Waals surface area contributed by atoms with Crippen LogP contribution in [0.4, 0.5) is 4.39 Å². The smallest absolute Gasteiger partial charge is 0.242 e. The van der Waals surface area contributed by atoms with E-state index in [4.69, 9.17) is 5.73 Å². The van der Waals surface area contributed by atoms with Gasteiger partial charge in [0.25, 0.3) is 0 Å². The molecule has 0 heterocycles. The quantitative estimate of drug-likeness (QED) is 0.887. The summed E-state index contributed by atoms with van der Waals surface area (Å²) in [5.41, 5.74) is 5.77. The predicted molar refractivity (Wildman–Crippen MR) is 68.2 cm³/mol. The minimum Gasteiger partial charge on any atom is -0.340 e. The average Bonchev–Trinajstić information content (AvgIpc) is 3.15. The van der Waals surface area contributed by atoms with Crippen molar-refractivity contribution in [2.75, 3.05) is 7.05 Å². The van der Waals surface area contributed by atoms with Crippen molar-refractivity contribution >= 4 is 5.91 Å². The minimum atomic E-state index is -0.819. The maximum absolute atomic E-state index is 13.5. The van der Waals surface area contributed by atoms with Crippen LogP contribution in [0.3, 0.4) is 0 Å². The molecule has 0 aliphatic heterocycles. The number of carbonyl (C=O) groups excluding carboxylic acids is 1. The number of likely N-dealkylation sites (N-methyl/N-ethyl adjacent to an activating group) is 1. The second kappa shape index (κ2) is 4.69. The van der Waals surface area contributed by atoms with E-state index in [0.717, 1.165) is 12.8 Å².